The number of carbonyl (C=O) groups is 1. The molecular weight excluding hydrogens is 316 g/mol. The summed E-state index contributed by atoms with van der Waals surface area (Å²) in [5, 5.41) is 2.99. The Morgan fingerprint density at radius 3 is 2.76 bits per heavy atom. The SMILES string of the molecule is COc1ccccc1OCCNC(=O)CN1CCC[C@H]2CCCC[C@@H]21. The molecule has 3 rings (SSSR count). The second kappa shape index (κ2) is 9.09. The van der Waals surface area contributed by atoms with Crippen LogP contribution in [0.1, 0.15) is 38.5 Å². The van der Waals surface area contributed by atoms with Crippen LogP contribution in [-0.2, 0) is 4.79 Å². The number of nitrogens with one attached hydrogen (secondary N) is 1. The van der Waals surface area contributed by atoms with Crippen molar-refractivity contribution < 1.29 is 14.3 Å². The number of carbonyl (C=O) groups excluding carboxylic acids is 1. The normalized spacial score (nSPS) is 23.6. The Labute approximate surface area is 150 Å². The fourth-order valence-electron chi connectivity index (χ4n) is 4.25. The highest BCUT2D eigenvalue weighted by Gasteiger charge is 2.33. The summed E-state index contributed by atoms with van der Waals surface area (Å²) in [5.74, 6) is 2.34. The van der Waals surface area contributed by atoms with Crippen LogP contribution in [0.2, 0.25) is 0 Å². The molecule has 1 heterocycles. The van der Waals surface area contributed by atoms with Gasteiger partial charge in [0.1, 0.15) is 6.61 Å². The number of benzene rings is 1. The van der Waals surface area contributed by atoms with Gasteiger partial charge in [-0.15, -0.1) is 0 Å². The van der Waals surface area contributed by atoms with Crippen molar-refractivity contribution in [3.63, 3.8) is 0 Å². The molecule has 0 radical (unpaired) electrons. The van der Waals surface area contributed by atoms with E-state index in [1.165, 1.54) is 38.5 Å². The average Bonchev–Trinajstić information content (AvgIpc) is 2.66. The number of rotatable bonds is 7. The number of amides is 1. The standard InChI is InChI=1S/C20H30N2O3/c1-24-18-10-4-5-11-19(18)25-14-12-21-20(23)15-22-13-6-8-16-7-2-3-9-17(16)22/h4-5,10-11,16-17H,2-3,6-9,12-15H2,1H3,(H,21,23)/t16-,17+/m1/s1. The van der Waals surface area contributed by atoms with E-state index < -0.39 is 0 Å². The van der Waals surface area contributed by atoms with Crippen molar-refractivity contribution >= 4 is 5.91 Å². The number of likely N-dealkylation sites (tertiary alicyclic amines) is 1. The van der Waals surface area contributed by atoms with Gasteiger partial charge in [-0.3, -0.25) is 9.69 Å². The summed E-state index contributed by atoms with van der Waals surface area (Å²) in [4.78, 5) is 14.7. The monoisotopic (exact) mass is 346 g/mol. The largest absolute Gasteiger partial charge is 0.493 e. The predicted octanol–water partition coefficient (Wildman–Crippen LogP) is 2.84. The first-order valence-corrected chi connectivity index (χ1v) is 9.54. The second-order valence-corrected chi connectivity index (χ2v) is 7.07. The van der Waals surface area contributed by atoms with Crippen molar-refractivity contribution in [2.75, 3.05) is 33.4 Å². The molecule has 1 amide bonds. The number of piperidine rings is 1. The van der Waals surface area contributed by atoms with Crippen LogP contribution in [0.15, 0.2) is 24.3 Å². The van der Waals surface area contributed by atoms with E-state index in [2.05, 4.69) is 10.2 Å². The molecule has 25 heavy (non-hydrogen) atoms. The van der Waals surface area contributed by atoms with Crippen molar-refractivity contribution in [2.24, 2.45) is 5.92 Å². The van der Waals surface area contributed by atoms with Gasteiger partial charge in [0.05, 0.1) is 20.2 Å². The molecule has 5 heteroatoms. The molecular formula is C20H30N2O3. The lowest BCUT2D eigenvalue weighted by Crippen LogP contribution is -2.50. The third kappa shape index (κ3) is 4.88. The molecule has 5 nitrogen and oxygen atoms in total. The van der Waals surface area contributed by atoms with Crippen molar-refractivity contribution in [1.82, 2.24) is 10.2 Å². The van der Waals surface area contributed by atoms with Crippen LogP contribution < -0.4 is 14.8 Å². The Balaban J connectivity index is 1.39. The summed E-state index contributed by atoms with van der Waals surface area (Å²) in [5.41, 5.74) is 0. The fraction of sp³-hybridized carbons (Fsp3) is 0.650. The summed E-state index contributed by atoms with van der Waals surface area (Å²) in [6, 6.07) is 8.18. The van der Waals surface area contributed by atoms with E-state index >= 15 is 0 Å². The van der Waals surface area contributed by atoms with E-state index in [1.807, 2.05) is 24.3 Å². The van der Waals surface area contributed by atoms with E-state index in [0.29, 0.717) is 37.2 Å². The molecule has 1 aliphatic heterocycles. The average molecular weight is 346 g/mol. The van der Waals surface area contributed by atoms with Crippen LogP contribution >= 0.6 is 0 Å². The molecule has 1 aliphatic carbocycles. The molecule has 1 aromatic carbocycles. The number of methoxy groups -OCH3 is 1. The highest BCUT2D eigenvalue weighted by Crippen LogP contribution is 2.34. The zero-order chi connectivity index (χ0) is 17.5. The highest BCUT2D eigenvalue weighted by atomic mass is 16.5. The quantitative estimate of drug-likeness (QED) is 0.772. The molecule has 1 saturated heterocycles. The molecule has 0 unspecified atom stereocenters. The third-order valence-electron chi connectivity index (χ3n) is 5.46. The Hall–Kier alpha value is -1.75. The lowest BCUT2D eigenvalue weighted by Gasteiger charge is -2.43. The molecule has 2 fully saturated rings. The number of para-hydroxylation sites is 2. The Kier molecular flexibility index (Phi) is 6.56. The number of hydrogen-bond acceptors (Lipinski definition) is 4. The third-order valence-corrected chi connectivity index (χ3v) is 5.46. The van der Waals surface area contributed by atoms with Crippen LogP contribution in [-0.4, -0.2) is 50.2 Å². The Morgan fingerprint density at radius 2 is 1.92 bits per heavy atom. The topological polar surface area (TPSA) is 50.8 Å². The minimum Gasteiger partial charge on any atom is -0.493 e. The molecule has 1 N–H and O–H groups in total. The van der Waals surface area contributed by atoms with Crippen molar-refractivity contribution in [3.05, 3.63) is 24.3 Å². The van der Waals surface area contributed by atoms with Gasteiger partial charge >= 0.3 is 0 Å². The maximum absolute atomic E-state index is 12.3. The van der Waals surface area contributed by atoms with Gasteiger partial charge in [-0.25, -0.2) is 0 Å². The summed E-state index contributed by atoms with van der Waals surface area (Å²) in [6.45, 7) is 2.54. The van der Waals surface area contributed by atoms with Gasteiger partial charge in [0.15, 0.2) is 11.5 Å². The summed E-state index contributed by atoms with van der Waals surface area (Å²) >= 11 is 0. The molecule has 2 atom stereocenters. The molecule has 138 valence electrons. The lowest BCUT2D eigenvalue weighted by atomic mass is 9.78. The summed E-state index contributed by atoms with van der Waals surface area (Å²) in [7, 11) is 1.63. The summed E-state index contributed by atoms with van der Waals surface area (Å²) in [6.07, 6.45) is 7.85. The van der Waals surface area contributed by atoms with Crippen LogP contribution in [0, 0.1) is 5.92 Å². The number of nitrogens with zero attached hydrogens (tertiary/aromatic N) is 1. The van der Waals surface area contributed by atoms with E-state index in [0.717, 1.165) is 12.5 Å². The maximum atomic E-state index is 12.3. The minimum absolute atomic E-state index is 0.106. The fourth-order valence-corrected chi connectivity index (χ4v) is 4.25. The van der Waals surface area contributed by atoms with Gasteiger partial charge in [0, 0.05) is 6.04 Å². The van der Waals surface area contributed by atoms with E-state index in [4.69, 9.17) is 9.47 Å². The molecule has 0 aromatic heterocycles. The van der Waals surface area contributed by atoms with Crippen molar-refractivity contribution in [2.45, 2.75) is 44.6 Å². The van der Waals surface area contributed by atoms with E-state index in [1.54, 1.807) is 7.11 Å². The van der Waals surface area contributed by atoms with Crippen LogP contribution in [0.25, 0.3) is 0 Å². The molecule has 2 aliphatic rings. The second-order valence-electron chi connectivity index (χ2n) is 7.07. The first-order valence-electron chi connectivity index (χ1n) is 9.54. The Morgan fingerprint density at radius 1 is 1.16 bits per heavy atom. The van der Waals surface area contributed by atoms with Gasteiger partial charge in [0.25, 0.3) is 0 Å². The van der Waals surface area contributed by atoms with Crippen LogP contribution in [0.3, 0.4) is 0 Å². The van der Waals surface area contributed by atoms with Crippen LogP contribution in [0.5, 0.6) is 11.5 Å². The smallest absolute Gasteiger partial charge is 0.234 e. The highest BCUT2D eigenvalue weighted by molar-refractivity contribution is 5.78. The molecule has 1 saturated carbocycles. The Bertz CT molecular complexity index is 562. The maximum Gasteiger partial charge on any atom is 0.234 e. The minimum atomic E-state index is 0.106. The van der Waals surface area contributed by atoms with E-state index in [-0.39, 0.29) is 5.91 Å². The molecule has 0 spiro atoms. The first kappa shape index (κ1) is 18.1. The first-order chi connectivity index (χ1) is 12.3. The lowest BCUT2D eigenvalue weighted by molar-refractivity contribution is -0.124. The van der Waals surface area contributed by atoms with Gasteiger partial charge in [-0.1, -0.05) is 25.0 Å². The molecule has 0 bridgehead atoms. The van der Waals surface area contributed by atoms with Crippen molar-refractivity contribution in [3.8, 4) is 11.5 Å². The predicted molar refractivity (Wildman–Crippen MR) is 98.1 cm³/mol. The van der Waals surface area contributed by atoms with E-state index in [9.17, 15) is 4.79 Å². The number of fused-ring (bicyclic) bond motifs is 1. The van der Waals surface area contributed by atoms with Gasteiger partial charge in [-0.2, -0.15) is 0 Å². The molecule has 1 aromatic rings. The number of hydrogen-bond donors (Lipinski definition) is 1. The van der Waals surface area contributed by atoms with Crippen molar-refractivity contribution in [1.29, 1.82) is 0 Å². The van der Waals surface area contributed by atoms with Gasteiger partial charge in [-0.05, 0) is 50.3 Å². The van der Waals surface area contributed by atoms with Gasteiger partial charge < -0.3 is 14.8 Å². The zero-order valence-electron chi connectivity index (χ0n) is 15.2. The number of ether oxygens (including phenoxy) is 2. The zero-order valence-corrected chi connectivity index (χ0v) is 15.2. The summed E-state index contributed by atoms with van der Waals surface area (Å²) < 4.78 is 11.0. The van der Waals surface area contributed by atoms with Crippen LogP contribution in [0.4, 0.5) is 0 Å². The van der Waals surface area contributed by atoms with Gasteiger partial charge in [0.2, 0.25) is 5.91 Å².